The predicted octanol–water partition coefficient (Wildman–Crippen LogP) is 2.25. The molecule has 2 heterocycles. The minimum atomic E-state index is 0.131. The number of nitrogens with one attached hydrogen (secondary N) is 1. The predicted molar refractivity (Wildman–Crippen MR) is 76.3 cm³/mol. The molecule has 0 spiro atoms. The van der Waals surface area contributed by atoms with E-state index in [4.69, 9.17) is 5.11 Å². The zero-order valence-electron chi connectivity index (χ0n) is 11.8. The summed E-state index contributed by atoms with van der Waals surface area (Å²) < 4.78 is 1.84. The van der Waals surface area contributed by atoms with Crippen LogP contribution < -0.4 is 5.32 Å². The first-order valence-electron chi connectivity index (χ1n) is 6.67. The van der Waals surface area contributed by atoms with Crippen LogP contribution >= 0.6 is 0 Å². The van der Waals surface area contributed by atoms with Gasteiger partial charge in [0.25, 0.3) is 0 Å². The average molecular weight is 262 g/mol. The van der Waals surface area contributed by atoms with Gasteiger partial charge in [-0.2, -0.15) is 5.10 Å². The van der Waals surface area contributed by atoms with E-state index < -0.39 is 0 Å². The lowest BCUT2D eigenvalue weighted by atomic mass is 9.88. The summed E-state index contributed by atoms with van der Waals surface area (Å²) in [5, 5.41) is 16.7. The van der Waals surface area contributed by atoms with Gasteiger partial charge in [0.2, 0.25) is 0 Å². The zero-order chi connectivity index (χ0) is 13.9. The maximum Gasteiger partial charge on any atom is 0.152 e. The van der Waals surface area contributed by atoms with Crippen LogP contribution in [0.2, 0.25) is 0 Å². The summed E-state index contributed by atoms with van der Waals surface area (Å²) in [6, 6.07) is 2.02. The largest absolute Gasteiger partial charge is 0.396 e. The lowest BCUT2D eigenvalue weighted by Crippen LogP contribution is -2.24. The summed E-state index contributed by atoms with van der Waals surface area (Å²) in [5.74, 6) is 0.861. The number of aliphatic hydroxyl groups is 1. The summed E-state index contributed by atoms with van der Waals surface area (Å²) in [5.41, 5.74) is 2.11. The van der Waals surface area contributed by atoms with Gasteiger partial charge >= 0.3 is 0 Å². The second-order valence-electron chi connectivity index (χ2n) is 5.74. The molecule has 0 amide bonds. The van der Waals surface area contributed by atoms with E-state index in [-0.39, 0.29) is 12.0 Å². The van der Waals surface area contributed by atoms with Crippen molar-refractivity contribution in [2.45, 2.75) is 33.6 Å². The second-order valence-corrected chi connectivity index (χ2v) is 5.74. The molecule has 0 saturated carbocycles. The van der Waals surface area contributed by atoms with Crippen molar-refractivity contribution in [3.8, 4) is 0 Å². The van der Waals surface area contributed by atoms with E-state index in [2.05, 4.69) is 29.2 Å². The molecule has 0 atom stereocenters. The maximum absolute atomic E-state index is 8.91. The molecule has 5 heteroatoms. The van der Waals surface area contributed by atoms with Crippen LogP contribution in [0.15, 0.2) is 18.5 Å². The number of fused-ring (bicyclic) bond motifs is 1. The number of hydrogen-bond acceptors (Lipinski definition) is 4. The van der Waals surface area contributed by atoms with Gasteiger partial charge in [-0.1, -0.05) is 13.8 Å². The van der Waals surface area contributed by atoms with Crippen LogP contribution in [0.1, 0.15) is 32.4 Å². The van der Waals surface area contributed by atoms with Crippen LogP contribution in [0.3, 0.4) is 0 Å². The molecular formula is C14H22N4O. The molecule has 19 heavy (non-hydrogen) atoms. The lowest BCUT2D eigenvalue weighted by molar-refractivity contribution is 0.248. The number of nitrogens with zero attached hydrogens (tertiary/aromatic N) is 3. The van der Waals surface area contributed by atoms with Gasteiger partial charge in [0.1, 0.15) is 5.52 Å². The first kappa shape index (κ1) is 13.8. The number of anilines is 1. The Hall–Kier alpha value is -1.62. The van der Waals surface area contributed by atoms with E-state index in [0.29, 0.717) is 0 Å². The van der Waals surface area contributed by atoms with Gasteiger partial charge in [-0.15, -0.1) is 0 Å². The van der Waals surface area contributed by atoms with Crippen molar-refractivity contribution in [1.82, 2.24) is 14.6 Å². The fourth-order valence-corrected chi connectivity index (χ4v) is 2.15. The minimum Gasteiger partial charge on any atom is -0.396 e. The van der Waals surface area contributed by atoms with Crippen molar-refractivity contribution in [1.29, 1.82) is 0 Å². The maximum atomic E-state index is 8.91. The van der Waals surface area contributed by atoms with Crippen molar-refractivity contribution in [3.63, 3.8) is 0 Å². The van der Waals surface area contributed by atoms with Crippen molar-refractivity contribution in [2.24, 2.45) is 5.41 Å². The van der Waals surface area contributed by atoms with E-state index in [1.807, 2.05) is 23.7 Å². The molecule has 0 unspecified atom stereocenters. The van der Waals surface area contributed by atoms with E-state index in [9.17, 15) is 0 Å². The van der Waals surface area contributed by atoms with Crippen LogP contribution in [0.25, 0.3) is 5.52 Å². The minimum absolute atomic E-state index is 0.131. The molecule has 2 N–H and O–H groups in total. The first-order chi connectivity index (χ1) is 9.02. The Labute approximate surface area is 113 Å². The third-order valence-corrected chi connectivity index (χ3v) is 3.26. The Kier molecular flexibility index (Phi) is 4.04. The SMILES string of the molecule is Cc1cc2c(NCC(C)(C)CCCO)nccn2n1. The fraction of sp³-hybridized carbons (Fsp3) is 0.571. The van der Waals surface area contributed by atoms with Gasteiger partial charge in [-0.05, 0) is 31.2 Å². The monoisotopic (exact) mass is 262 g/mol. The number of aryl methyl sites for hydroxylation is 1. The highest BCUT2D eigenvalue weighted by Crippen LogP contribution is 2.23. The second kappa shape index (κ2) is 5.57. The highest BCUT2D eigenvalue weighted by molar-refractivity contribution is 5.67. The summed E-state index contributed by atoms with van der Waals surface area (Å²) >= 11 is 0. The van der Waals surface area contributed by atoms with Gasteiger partial charge in [0.05, 0.1) is 5.69 Å². The molecular weight excluding hydrogens is 240 g/mol. The lowest BCUT2D eigenvalue weighted by Gasteiger charge is -2.25. The highest BCUT2D eigenvalue weighted by Gasteiger charge is 2.18. The molecule has 2 aromatic rings. The Bertz CT molecular complexity index is 547. The van der Waals surface area contributed by atoms with Crippen LogP contribution in [0.5, 0.6) is 0 Å². The van der Waals surface area contributed by atoms with E-state index in [1.165, 1.54) is 0 Å². The zero-order valence-corrected chi connectivity index (χ0v) is 11.8. The van der Waals surface area contributed by atoms with Gasteiger partial charge < -0.3 is 10.4 Å². The van der Waals surface area contributed by atoms with Crippen molar-refractivity contribution in [3.05, 3.63) is 24.2 Å². The topological polar surface area (TPSA) is 62.5 Å². The summed E-state index contributed by atoms with van der Waals surface area (Å²) in [4.78, 5) is 4.38. The molecule has 5 nitrogen and oxygen atoms in total. The molecule has 2 rings (SSSR count). The van der Waals surface area contributed by atoms with Crippen molar-refractivity contribution in [2.75, 3.05) is 18.5 Å². The van der Waals surface area contributed by atoms with Crippen LogP contribution in [0.4, 0.5) is 5.82 Å². The standard InChI is InChI=1S/C14H22N4O/c1-11-9-12-13(15-6-7-18(12)17-11)16-10-14(2,3)5-4-8-19/h6-7,9,19H,4-5,8,10H2,1-3H3,(H,15,16). The molecule has 0 fully saturated rings. The van der Waals surface area contributed by atoms with Gasteiger partial charge in [-0.25, -0.2) is 9.50 Å². The quantitative estimate of drug-likeness (QED) is 0.838. The molecule has 0 aliphatic carbocycles. The summed E-state index contributed by atoms with van der Waals surface area (Å²) in [6.45, 7) is 7.43. The Morgan fingerprint density at radius 1 is 1.42 bits per heavy atom. The molecule has 2 aromatic heterocycles. The van der Waals surface area contributed by atoms with E-state index >= 15 is 0 Å². The molecule has 0 aliphatic heterocycles. The van der Waals surface area contributed by atoms with E-state index in [1.54, 1.807) is 6.20 Å². The Morgan fingerprint density at radius 2 is 2.21 bits per heavy atom. The van der Waals surface area contributed by atoms with Crippen LogP contribution in [-0.4, -0.2) is 32.9 Å². The molecule has 0 aromatic carbocycles. The summed E-state index contributed by atoms with van der Waals surface area (Å²) in [7, 11) is 0. The van der Waals surface area contributed by atoms with Crippen LogP contribution in [-0.2, 0) is 0 Å². The highest BCUT2D eigenvalue weighted by atomic mass is 16.2. The summed E-state index contributed by atoms with van der Waals surface area (Å²) in [6.07, 6.45) is 5.42. The third kappa shape index (κ3) is 3.44. The Balaban J connectivity index is 2.09. The van der Waals surface area contributed by atoms with Crippen molar-refractivity contribution >= 4 is 11.3 Å². The number of rotatable bonds is 6. The Morgan fingerprint density at radius 3 is 2.95 bits per heavy atom. The van der Waals surface area contributed by atoms with Gasteiger partial charge in [0, 0.05) is 25.5 Å². The number of hydrogen-bond donors (Lipinski definition) is 2. The first-order valence-corrected chi connectivity index (χ1v) is 6.67. The molecule has 0 saturated heterocycles. The van der Waals surface area contributed by atoms with E-state index in [0.717, 1.165) is 36.4 Å². The normalized spacial score (nSPS) is 12.0. The average Bonchev–Trinajstić information content (AvgIpc) is 2.74. The molecule has 104 valence electrons. The fourth-order valence-electron chi connectivity index (χ4n) is 2.15. The third-order valence-electron chi connectivity index (χ3n) is 3.26. The molecule has 0 bridgehead atoms. The van der Waals surface area contributed by atoms with Crippen LogP contribution in [0, 0.1) is 12.3 Å². The van der Waals surface area contributed by atoms with Crippen molar-refractivity contribution < 1.29 is 5.11 Å². The smallest absolute Gasteiger partial charge is 0.152 e. The number of aromatic nitrogens is 3. The molecule has 0 aliphatic rings. The van der Waals surface area contributed by atoms with Gasteiger partial charge in [0.15, 0.2) is 5.82 Å². The number of aliphatic hydroxyl groups excluding tert-OH is 1. The van der Waals surface area contributed by atoms with Gasteiger partial charge in [-0.3, -0.25) is 0 Å². The molecule has 0 radical (unpaired) electrons.